The van der Waals surface area contributed by atoms with Gasteiger partial charge in [-0.3, -0.25) is 0 Å². The lowest BCUT2D eigenvalue weighted by Crippen LogP contribution is -2.32. The monoisotopic (exact) mass is 634 g/mol. The summed E-state index contributed by atoms with van der Waals surface area (Å²) in [5, 5.41) is 5.25. The Morgan fingerprint density at radius 2 is 1.02 bits per heavy atom. The molecule has 10 nitrogen and oxygen atoms in total. The van der Waals surface area contributed by atoms with Gasteiger partial charge >= 0.3 is 12.2 Å². The van der Waals surface area contributed by atoms with Crippen molar-refractivity contribution in [2.75, 3.05) is 0 Å². The predicted octanol–water partition coefficient (Wildman–Crippen LogP) is 8.13. The molecule has 2 aromatic heterocycles. The number of carbonyl (C=O) groups excluding carboxylic acids is 2. The van der Waals surface area contributed by atoms with Gasteiger partial charge in [0.25, 0.3) is 0 Å². The van der Waals surface area contributed by atoms with Crippen LogP contribution < -0.4 is 10.6 Å². The number of nitrogens with one attached hydrogen (secondary N) is 4. The first kappa shape index (κ1) is 33.9. The number of hydrogen-bond acceptors (Lipinski definition) is 6. The van der Waals surface area contributed by atoms with Crippen LogP contribution in [0, 0.1) is 11.6 Å². The van der Waals surface area contributed by atoms with Crippen molar-refractivity contribution in [3.63, 3.8) is 0 Å². The van der Waals surface area contributed by atoms with Crippen LogP contribution in [-0.2, 0) is 22.6 Å². The smallest absolute Gasteiger partial charge is 0.408 e. The van der Waals surface area contributed by atoms with E-state index < -0.39 is 35.0 Å². The van der Waals surface area contributed by atoms with Crippen LogP contribution >= 0.6 is 0 Å². The summed E-state index contributed by atoms with van der Waals surface area (Å²) in [6, 6.07) is 12.8. The largest absolute Gasteiger partial charge is 0.444 e. The molecule has 0 saturated carbocycles. The number of alkyl carbamates (subject to hydrolysis) is 2. The van der Waals surface area contributed by atoms with Gasteiger partial charge < -0.3 is 30.1 Å². The number of fused-ring (bicyclic) bond motifs is 2. The molecule has 46 heavy (non-hydrogen) atoms. The summed E-state index contributed by atoms with van der Waals surface area (Å²) in [5.74, 6) is -0.0223. The molecule has 4 N–H and O–H groups in total. The number of nitrogens with zero attached hydrogens (tertiary/aromatic N) is 2. The second kappa shape index (κ2) is 13.6. The summed E-state index contributed by atoms with van der Waals surface area (Å²) in [4.78, 5) is 38.9. The third-order valence-electron chi connectivity index (χ3n) is 6.34. The van der Waals surface area contributed by atoms with Crippen LogP contribution in [0.5, 0.6) is 0 Å². The predicted molar refractivity (Wildman–Crippen MR) is 174 cm³/mol. The summed E-state index contributed by atoms with van der Waals surface area (Å²) in [6.07, 6.45) is -1.16. The summed E-state index contributed by atoms with van der Waals surface area (Å²) in [5.41, 5.74) is 2.58. The van der Waals surface area contributed by atoms with Crippen molar-refractivity contribution >= 4 is 34.3 Å². The molecule has 0 spiro atoms. The van der Waals surface area contributed by atoms with Crippen LogP contribution in [-0.4, -0.2) is 43.3 Å². The van der Waals surface area contributed by atoms with Gasteiger partial charge in [-0.1, -0.05) is 38.1 Å². The van der Waals surface area contributed by atoms with E-state index >= 15 is 8.78 Å². The van der Waals surface area contributed by atoms with Crippen molar-refractivity contribution in [2.45, 2.75) is 79.7 Å². The summed E-state index contributed by atoms with van der Waals surface area (Å²) < 4.78 is 40.7. The molecule has 0 aliphatic carbocycles. The Hall–Kier alpha value is -5.00. The number of rotatable bonds is 6. The summed E-state index contributed by atoms with van der Waals surface area (Å²) in [7, 11) is 0. The van der Waals surface area contributed by atoms with Crippen molar-refractivity contribution in [1.29, 1.82) is 0 Å². The third kappa shape index (κ3) is 8.58. The van der Waals surface area contributed by atoms with E-state index in [2.05, 4.69) is 30.6 Å². The molecule has 0 saturated heterocycles. The van der Waals surface area contributed by atoms with Gasteiger partial charge in [-0.15, -0.1) is 0 Å². The maximum Gasteiger partial charge on any atom is 0.408 e. The van der Waals surface area contributed by atoms with Gasteiger partial charge in [-0.2, -0.15) is 0 Å². The molecule has 0 atom stereocenters. The maximum absolute atomic E-state index is 15.1. The molecule has 0 radical (unpaired) electrons. The van der Waals surface area contributed by atoms with Crippen LogP contribution in [0.1, 0.15) is 67.0 Å². The highest BCUT2D eigenvalue weighted by Crippen LogP contribution is 2.31. The van der Waals surface area contributed by atoms with E-state index in [0.717, 1.165) is 0 Å². The number of halogens is 2. The first-order chi connectivity index (χ1) is 21.6. The molecule has 5 aromatic rings. The lowest BCUT2D eigenvalue weighted by atomic mass is 9.99. The van der Waals surface area contributed by atoms with Crippen LogP contribution in [0.15, 0.2) is 48.5 Å². The highest BCUT2D eigenvalue weighted by atomic mass is 19.1. The van der Waals surface area contributed by atoms with Gasteiger partial charge in [0, 0.05) is 23.3 Å². The lowest BCUT2D eigenvalue weighted by molar-refractivity contribution is 0.0511. The number of hydrogen-bond donors (Lipinski definition) is 4. The van der Waals surface area contributed by atoms with Crippen molar-refractivity contribution < 1.29 is 27.8 Å². The zero-order valence-electron chi connectivity index (χ0n) is 27.3. The van der Waals surface area contributed by atoms with Gasteiger partial charge in [0.05, 0.1) is 35.2 Å². The minimum Gasteiger partial charge on any atom is -0.444 e. The maximum atomic E-state index is 15.1. The van der Waals surface area contributed by atoms with E-state index in [4.69, 9.17) is 9.47 Å². The number of H-pyrrole nitrogens is 2. The number of aromatic nitrogens is 4. The molecule has 2 heterocycles. The molecule has 0 unspecified atom stereocenters. The Morgan fingerprint density at radius 3 is 1.35 bits per heavy atom. The Bertz CT molecular complexity index is 1720. The highest BCUT2D eigenvalue weighted by molar-refractivity contribution is 5.85. The van der Waals surface area contributed by atoms with Crippen LogP contribution in [0.4, 0.5) is 18.4 Å². The van der Waals surface area contributed by atoms with Gasteiger partial charge in [-0.25, -0.2) is 28.3 Å². The molecule has 0 fully saturated rings. The Kier molecular flexibility index (Phi) is 9.98. The zero-order chi connectivity index (χ0) is 33.8. The normalized spacial score (nSPS) is 11.6. The van der Waals surface area contributed by atoms with E-state index in [1.807, 2.05) is 13.8 Å². The van der Waals surface area contributed by atoms with Crippen molar-refractivity contribution in [1.82, 2.24) is 30.6 Å². The molecule has 0 aliphatic heterocycles. The molecular formula is C34H40F2N6O4. The van der Waals surface area contributed by atoms with E-state index in [-0.39, 0.29) is 13.1 Å². The molecule has 2 amide bonds. The average molecular weight is 635 g/mol. The van der Waals surface area contributed by atoms with Gasteiger partial charge in [0.15, 0.2) is 0 Å². The first-order valence-electron chi connectivity index (χ1n) is 15.0. The molecule has 3 aromatic carbocycles. The van der Waals surface area contributed by atoms with Gasteiger partial charge in [-0.05, 0) is 64.8 Å². The van der Waals surface area contributed by atoms with E-state index in [0.29, 0.717) is 56.0 Å². The molecule has 5 rings (SSSR count). The number of carbonyl (C=O) groups is 2. The number of ether oxygens (including phenoxy) is 2. The Labute approximate surface area is 266 Å². The second-order valence-electron chi connectivity index (χ2n) is 12.4. The third-order valence-corrected chi connectivity index (χ3v) is 6.34. The minimum absolute atomic E-state index is 0.0862. The summed E-state index contributed by atoms with van der Waals surface area (Å²) in [6.45, 7) is 14.8. The number of imidazole rings is 2. The van der Waals surface area contributed by atoms with Gasteiger partial charge in [0.1, 0.15) is 34.5 Å². The van der Waals surface area contributed by atoms with Crippen LogP contribution in [0.2, 0.25) is 0 Å². The molecular weight excluding hydrogens is 594 g/mol. The van der Waals surface area contributed by atoms with Crippen molar-refractivity contribution in [3.8, 4) is 22.3 Å². The van der Waals surface area contributed by atoms with Crippen molar-refractivity contribution in [2.24, 2.45) is 0 Å². The standard InChI is InChI=1S/C32H34F2N6O4.C2H6/c1-31(2,3)43-29(41)35-15-27-37-23-11-19(21(33)13-25(23)39-27)17-7-9-18(10-8-17)20-12-24-26(14-22(20)34)40-28(38-24)16-36-30(42)44-32(4,5)6;1-2/h7-14H,15-16H2,1-6H3,(H,35,41)(H,36,42)(H,37,39)(H,38,40);1-2H3. The van der Waals surface area contributed by atoms with E-state index in [1.54, 1.807) is 77.9 Å². The lowest BCUT2D eigenvalue weighted by Gasteiger charge is -2.19. The molecule has 12 heteroatoms. The first-order valence-corrected chi connectivity index (χ1v) is 15.0. The molecule has 0 bridgehead atoms. The quantitative estimate of drug-likeness (QED) is 0.149. The van der Waals surface area contributed by atoms with E-state index in [9.17, 15) is 9.59 Å². The fourth-order valence-electron chi connectivity index (χ4n) is 4.55. The number of aromatic amines is 2. The molecule has 0 aliphatic rings. The van der Waals surface area contributed by atoms with Crippen LogP contribution in [0.25, 0.3) is 44.3 Å². The average Bonchev–Trinajstić information content (AvgIpc) is 3.56. The second-order valence-corrected chi connectivity index (χ2v) is 12.4. The SMILES string of the molecule is CC.CC(C)(C)OC(=O)NCc1nc2cc(-c3ccc(-c4cc5nc(CNC(=O)OC(C)(C)C)[nH]c5cc4F)cc3)c(F)cc2[nH]1. The number of benzene rings is 3. The Morgan fingerprint density at radius 1 is 0.674 bits per heavy atom. The summed E-state index contributed by atoms with van der Waals surface area (Å²) >= 11 is 0. The fourth-order valence-corrected chi connectivity index (χ4v) is 4.55. The zero-order valence-corrected chi connectivity index (χ0v) is 27.3. The topological polar surface area (TPSA) is 134 Å². The number of amides is 2. The Balaban J connectivity index is 0.00000235. The fraction of sp³-hybridized carbons (Fsp3) is 0.353. The van der Waals surface area contributed by atoms with Crippen LogP contribution in [0.3, 0.4) is 0 Å². The van der Waals surface area contributed by atoms with Crippen molar-refractivity contribution in [3.05, 3.63) is 71.8 Å². The van der Waals surface area contributed by atoms with Gasteiger partial charge in [0.2, 0.25) is 0 Å². The van der Waals surface area contributed by atoms with E-state index in [1.165, 1.54) is 12.1 Å². The molecule has 244 valence electrons. The minimum atomic E-state index is -0.630. The highest BCUT2D eigenvalue weighted by Gasteiger charge is 2.18.